The van der Waals surface area contributed by atoms with Crippen molar-refractivity contribution in [3.05, 3.63) is 102 Å². The summed E-state index contributed by atoms with van der Waals surface area (Å²) in [5.74, 6) is -1.42. The molecule has 3 amide bonds. The van der Waals surface area contributed by atoms with Crippen LogP contribution in [0.1, 0.15) is 24.5 Å². The Morgan fingerprint density at radius 2 is 1.71 bits per heavy atom. The highest BCUT2D eigenvalue weighted by Gasteiger charge is 2.48. The van der Waals surface area contributed by atoms with Crippen LogP contribution in [0.3, 0.4) is 0 Å². The lowest BCUT2D eigenvalue weighted by Crippen LogP contribution is -2.39. The highest BCUT2D eigenvalue weighted by Crippen LogP contribution is 2.43. The SMILES string of the molecule is C[C@H](/C=C/CC(=O)N(CCO)Cc1ccccc1)[C@@]1(O)C(=O)Nc2ccc(N(C=O)c3ccccc3)cc21. The number of carbonyl (C=O) groups excluding carboxylic acids is 3. The molecular weight excluding hydrogens is 482 g/mol. The van der Waals surface area contributed by atoms with Gasteiger partial charge in [0, 0.05) is 48.1 Å². The average molecular weight is 514 g/mol. The van der Waals surface area contributed by atoms with Gasteiger partial charge in [-0.3, -0.25) is 19.3 Å². The van der Waals surface area contributed by atoms with Gasteiger partial charge in [-0.1, -0.05) is 67.6 Å². The molecule has 8 nitrogen and oxygen atoms in total. The summed E-state index contributed by atoms with van der Waals surface area (Å²) in [6.45, 7) is 2.13. The zero-order valence-corrected chi connectivity index (χ0v) is 21.2. The van der Waals surface area contributed by atoms with E-state index < -0.39 is 17.4 Å². The minimum absolute atomic E-state index is 0.0503. The van der Waals surface area contributed by atoms with E-state index in [1.165, 1.54) is 4.90 Å². The molecular formula is C30H31N3O5. The Hall–Kier alpha value is -4.27. The summed E-state index contributed by atoms with van der Waals surface area (Å²) >= 11 is 0. The second kappa shape index (κ2) is 11.9. The first-order valence-electron chi connectivity index (χ1n) is 12.5. The van der Waals surface area contributed by atoms with Crippen molar-refractivity contribution in [3.8, 4) is 0 Å². The molecule has 4 rings (SSSR count). The summed E-state index contributed by atoms with van der Waals surface area (Å²) in [5.41, 5.74) is 1.05. The molecule has 0 saturated carbocycles. The summed E-state index contributed by atoms with van der Waals surface area (Å²) in [7, 11) is 0. The number of carbonyl (C=O) groups is 3. The number of rotatable bonds is 11. The van der Waals surface area contributed by atoms with E-state index in [9.17, 15) is 24.6 Å². The molecule has 3 N–H and O–H groups in total. The molecule has 0 spiro atoms. The molecule has 0 aromatic heterocycles. The maximum absolute atomic E-state index is 12.9. The molecule has 196 valence electrons. The Kier molecular flexibility index (Phi) is 8.35. The predicted molar refractivity (Wildman–Crippen MR) is 145 cm³/mol. The van der Waals surface area contributed by atoms with E-state index in [2.05, 4.69) is 5.32 Å². The molecule has 3 aromatic carbocycles. The van der Waals surface area contributed by atoms with E-state index in [1.807, 2.05) is 48.5 Å². The number of hydrogen-bond donors (Lipinski definition) is 3. The lowest BCUT2D eigenvalue weighted by molar-refractivity contribution is -0.137. The molecule has 0 fully saturated rings. The lowest BCUT2D eigenvalue weighted by atomic mass is 9.82. The van der Waals surface area contributed by atoms with Crippen molar-refractivity contribution in [1.29, 1.82) is 0 Å². The van der Waals surface area contributed by atoms with Gasteiger partial charge in [0.1, 0.15) is 0 Å². The smallest absolute Gasteiger partial charge is 0.261 e. The fourth-order valence-corrected chi connectivity index (χ4v) is 4.62. The van der Waals surface area contributed by atoms with Gasteiger partial charge in [-0.05, 0) is 35.9 Å². The number of fused-ring (bicyclic) bond motifs is 1. The van der Waals surface area contributed by atoms with E-state index in [-0.39, 0.29) is 25.5 Å². The summed E-state index contributed by atoms with van der Waals surface area (Å²) in [4.78, 5) is 40.7. The largest absolute Gasteiger partial charge is 0.395 e. The summed E-state index contributed by atoms with van der Waals surface area (Å²) in [6.07, 6.45) is 4.02. The number of hydrogen-bond acceptors (Lipinski definition) is 5. The molecule has 1 heterocycles. The molecule has 1 aliphatic heterocycles. The summed E-state index contributed by atoms with van der Waals surface area (Å²) in [5, 5.41) is 23.7. The zero-order chi connectivity index (χ0) is 27.1. The Bertz CT molecular complexity index is 1310. The summed E-state index contributed by atoms with van der Waals surface area (Å²) < 4.78 is 0. The highest BCUT2D eigenvalue weighted by molar-refractivity contribution is 6.06. The van der Waals surface area contributed by atoms with Crippen LogP contribution >= 0.6 is 0 Å². The van der Waals surface area contributed by atoms with E-state index in [4.69, 9.17) is 0 Å². The van der Waals surface area contributed by atoms with Crippen LogP contribution in [0, 0.1) is 5.92 Å². The topological polar surface area (TPSA) is 110 Å². The molecule has 2 atom stereocenters. The first-order valence-corrected chi connectivity index (χ1v) is 12.5. The molecule has 0 saturated heterocycles. The van der Waals surface area contributed by atoms with Crippen molar-refractivity contribution in [3.63, 3.8) is 0 Å². The normalized spacial score (nSPS) is 17.1. The minimum atomic E-state index is -1.88. The third-order valence-electron chi connectivity index (χ3n) is 6.74. The number of anilines is 3. The molecule has 0 aliphatic carbocycles. The summed E-state index contributed by atoms with van der Waals surface area (Å²) in [6, 6.07) is 23.6. The van der Waals surface area contributed by atoms with E-state index >= 15 is 0 Å². The Morgan fingerprint density at radius 1 is 1.03 bits per heavy atom. The van der Waals surface area contributed by atoms with Gasteiger partial charge >= 0.3 is 0 Å². The lowest BCUT2D eigenvalue weighted by Gasteiger charge is -2.27. The molecule has 0 radical (unpaired) electrons. The maximum atomic E-state index is 12.9. The van der Waals surface area contributed by atoms with Gasteiger partial charge in [-0.25, -0.2) is 0 Å². The first-order chi connectivity index (χ1) is 18.4. The standard InChI is InChI=1S/C30H31N3O5/c1-22(9-8-14-28(36)32(17-18-34)20-23-10-4-2-5-11-23)30(38)26-19-25(15-16-27(26)31-29(30)37)33(21-35)24-12-6-3-7-13-24/h2-13,15-16,19,21-22,34,38H,14,17-18,20H2,1H3,(H,31,37)/b9-8+/t22-,30+/m1/s1. The monoisotopic (exact) mass is 513 g/mol. The molecule has 38 heavy (non-hydrogen) atoms. The fourth-order valence-electron chi connectivity index (χ4n) is 4.62. The molecule has 0 unspecified atom stereocenters. The highest BCUT2D eigenvalue weighted by atomic mass is 16.3. The second-order valence-electron chi connectivity index (χ2n) is 9.21. The number of amides is 3. The van der Waals surface area contributed by atoms with E-state index in [0.29, 0.717) is 35.6 Å². The zero-order valence-electron chi connectivity index (χ0n) is 21.2. The number of nitrogens with zero attached hydrogens (tertiary/aromatic N) is 2. The van der Waals surface area contributed by atoms with Crippen molar-refractivity contribution in [2.75, 3.05) is 23.4 Å². The Morgan fingerprint density at radius 3 is 2.37 bits per heavy atom. The molecule has 3 aromatic rings. The number of aliphatic hydroxyl groups is 2. The van der Waals surface area contributed by atoms with Gasteiger partial charge < -0.3 is 20.4 Å². The minimum Gasteiger partial charge on any atom is -0.395 e. The average Bonchev–Trinajstić information content (AvgIpc) is 3.20. The van der Waals surface area contributed by atoms with E-state index in [0.717, 1.165) is 5.56 Å². The van der Waals surface area contributed by atoms with Crippen LogP contribution in [-0.2, 0) is 26.5 Å². The van der Waals surface area contributed by atoms with Crippen LogP contribution < -0.4 is 10.2 Å². The fraction of sp³-hybridized carbons (Fsp3) is 0.233. The van der Waals surface area contributed by atoms with Crippen molar-refractivity contribution >= 4 is 35.3 Å². The van der Waals surface area contributed by atoms with E-state index in [1.54, 1.807) is 54.3 Å². The van der Waals surface area contributed by atoms with Crippen LogP contribution in [0.25, 0.3) is 0 Å². The third kappa shape index (κ3) is 5.51. The van der Waals surface area contributed by atoms with Crippen molar-refractivity contribution in [2.45, 2.75) is 25.5 Å². The van der Waals surface area contributed by atoms with Crippen LogP contribution in [0.15, 0.2) is 91.0 Å². The Labute approximate surface area is 221 Å². The van der Waals surface area contributed by atoms with Crippen LogP contribution in [0.5, 0.6) is 0 Å². The van der Waals surface area contributed by atoms with Crippen molar-refractivity contribution in [1.82, 2.24) is 4.90 Å². The Balaban J connectivity index is 1.51. The number of nitrogens with one attached hydrogen (secondary N) is 1. The quantitative estimate of drug-likeness (QED) is 0.267. The molecule has 0 bridgehead atoms. The van der Waals surface area contributed by atoms with Gasteiger partial charge in [-0.15, -0.1) is 0 Å². The first kappa shape index (κ1) is 26.8. The van der Waals surface area contributed by atoms with Crippen LogP contribution in [-0.4, -0.2) is 46.5 Å². The van der Waals surface area contributed by atoms with Gasteiger partial charge in [0.2, 0.25) is 12.3 Å². The van der Waals surface area contributed by atoms with Crippen LogP contribution in [0.4, 0.5) is 17.1 Å². The van der Waals surface area contributed by atoms with Gasteiger partial charge in [0.25, 0.3) is 5.91 Å². The van der Waals surface area contributed by atoms with Gasteiger partial charge in [0.05, 0.1) is 6.61 Å². The second-order valence-corrected chi connectivity index (χ2v) is 9.21. The van der Waals surface area contributed by atoms with Crippen molar-refractivity contribution < 1.29 is 24.6 Å². The van der Waals surface area contributed by atoms with Gasteiger partial charge in [0.15, 0.2) is 5.60 Å². The number of aliphatic hydroxyl groups excluding tert-OH is 1. The van der Waals surface area contributed by atoms with Crippen LogP contribution in [0.2, 0.25) is 0 Å². The number of para-hydroxylation sites is 1. The number of benzene rings is 3. The molecule has 1 aliphatic rings. The third-order valence-corrected chi connectivity index (χ3v) is 6.74. The maximum Gasteiger partial charge on any atom is 0.261 e. The van der Waals surface area contributed by atoms with Crippen molar-refractivity contribution in [2.24, 2.45) is 5.92 Å². The molecule has 8 heteroatoms. The predicted octanol–water partition coefficient (Wildman–Crippen LogP) is 3.72. The van der Waals surface area contributed by atoms with Gasteiger partial charge in [-0.2, -0.15) is 0 Å².